The Hall–Kier alpha value is -5.59. The monoisotopic (exact) mass is 590 g/mol. The van der Waals surface area contributed by atoms with Crippen LogP contribution in [0.25, 0.3) is 11.3 Å². The average molecular weight is 591 g/mol. The van der Waals surface area contributed by atoms with Crippen molar-refractivity contribution in [3.8, 4) is 22.8 Å². The second-order valence-electron chi connectivity index (χ2n) is 9.05. The molecule has 224 valence electrons. The van der Waals surface area contributed by atoms with E-state index >= 15 is 0 Å². The summed E-state index contributed by atoms with van der Waals surface area (Å²) >= 11 is 0. The van der Waals surface area contributed by atoms with E-state index in [1.165, 1.54) is 20.4 Å². The number of benzene rings is 2. The van der Waals surface area contributed by atoms with E-state index < -0.39 is 29.9 Å². The number of methoxy groups -OCH3 is 2. The summed E-state index contributed by atoms with van der Waals surface area (Å²) in [5.41, 5.74) is 4.71. The fraction of sp³-hybridized carbons (Fsp3) is 0.233. The van der Waals surface area contributed by atoms with E-state index in [1.54, 1.807) is 68.4 Å². The molecule has 1 atom stereocenters. The summed E-state index contributed by atoms with van der Waals surface area (Å²) in [7, 11) is 2.74. The minimum absolute atomic E-state index is 0.176. The third-order valence-electron chi connectivity index (χ3n) is 6.24. The lowest BCUT2D eigenvalue weighted by atomic mass is 9.95. The van der Waals surface area contributed by atoms with Crippen LogP contribution >= 0.6 is 0 Å². The highest BCUT2D eigenvalue weighted by atomic mass is 16.5. The highest BCUT2D eigenvalue weighted by Crippen LogP contribution is 2.34. The minimum Gasteiger partial charge on any atom is -0.493 e. The van der Waals surface area contributed by atoms with Crippen LogP contribution in [0.15, 0.2) is 75.4 Å². The molecule has 3 N–H and O–H groups in total. The molecule has 0 saturated carbocycles. The zero-order valence-corrected chi connectivity index (χ0v) is 23.9. The van der Waals surface area contributed by atoms with Crippen molar-refractivity contribution in [2.45, 2.75) is 19.9 Å². The maximum atomic E-state index is 12.6. The van der Waals surface area contributed by atoms with Gasteiger partial charge in [0.1, 0.15) is 11.5 Å². The molecule has 3 aromatic rings. The number of urea groups is 1. The molecule has 1 aliphatic heterocycles. The normalized spacial score (nSPS) is 14.5. The first-order chi connectivity index (χ1) is 20.7. The topological polar surface area (TPSA) is 167 Å². The van der Waals surface area contributed by atoms with Gasteiger partial charge < -0.3 is 34.0 Å². The number of hydrogen-bond donors (Lipinski definition) is 3. The largest absolute Gasteiger partial charge is 0.493 e. The summed E-state index contributed by atoms with van der Waals surface area (Å²) in [6.45, 7) is 3.11. The van der Waals surface area contributed by atoms with Gasteiger partial charge in [0.2, 0.25) is 0 Å². The minimum atomic E-state index is -0.783. The summed E-state index contributed by atoms with van der Waals surface area (Å²) in [4.78, 5) is 48.6. The third-order valence-corrected chi connectivity index (χ3v) is 6.24. The Bertz CT molecular complexity index is 1570. The number of hydrazone groups is 1. The Morgan fingerprint density at radius 3 is 2.49 bits per heavy atom. The standard InChI is InChI=1S/C30H30N4O9/c1-5-41-29(37)26-17(2)32-30(38)33-27(26)20-10-12-23(24(14-20)39-3)42-16-25(35)34-31-15-21-11-13-22(43-21)18-6-8-19(9-7-18)28(36)40-4/h6-15,27H,5,16H2,1-4H3,(H,34,35)(H2,32,33,38)/b31-15-/t27-/m0/s1. The lowest BCUT2D eigenvalue weighted by molar-refractivity contribution is -0.139. The van der Waals surface area contributed by atoms with Crippen LogP contribution in [0.4, 0.5) is 4.79 Å². The van der Waals surface area contributed by atoms with Crippen LogP contribution in [-0.4, -0.2) is 57.5 Å². The van der Waals surface area contributed by atoms with Crippen LogP contribution in [0.5, 0.6) is 11.5 Å². The summed E-state index contributed by atoms with van der Waals surface area (Å²) in [6.07, 6.45) is 1.34. The molecule has 1 aliphatic rings. The average Bonchev–Trinajstić information content (AvgIpc) is 3.48. The van der Waals surface area contributed by atoms with Crippen molar-refractivity contribution < 1.29 is 42.5 Å². The molecule has 2 heterocycles. The Morgan fingerprint density at radius 1 is 1.02 bits per heavy atom. The van der Waals surface area contributed by atoms with E-state index in [4.69, 9.17) is 23.4 Å². The second-order valence-corrected chi connectivity index (χ2v) is 9.05. The first-order valence-corrected chi connectivity index (χ1v) is 13.1. The van der Waals surface area contributed by atoms with E-state index in [-0.39, 0.29) is 30.3 Å². The molecule has 0 radical (unpaired) electrons. The number of ether oxygens (including phenoxy) is 4. The van der Waals surface area contributed by atoms with Gasteiger partial charge in [0.15, 0.2) is 18.1 Å². The molecule has 0 unspecified atom stereocenters. The van der Waals surface area contributed by atoms with Crippen molar-refractivity contribution in [3.63, 3.8) is 0 Å². The summed E-state index contributed by atoms with van der Waals surface area (Å²) in [6, 6.07) is 13.7. The SMILES string of the molecule is CCOC(=O)C1=C(C)NC(=O)N[C@H]1c1ccc(OCC(=O)N/N=C\c2ccc(-c3ccc(C(=O)OC)cc3)o2)c(OC)c1. The zero-order valence-electron chi connectivity index (χ0n) is 23.9. The number of amides is 3. The molecule has 0 saturated heterocycles. The van der Waals surface area contributed by atoms with Gasteiger partial charge in [-0.15, -0.1) is 0 Å². The Labute approximate surface area is 246 Å². The Kier molecular flexibility index (Phi) is 9.78. The van der Waals surface area contributed by atoms with Crippen molar-refractivity contribution in [3.05, 3.63) is 82.8 Å². The highest BCUT2D eigenvalue weighted by Gasteiger charge is 2.32. The molecule has 3 amide bonds. The molecule has 43 heavy (non-hydrogen) atoms. The van der Waals surface area contributed by atoms with E-state index in [0.29, 0.717) is 28.3 Å². The predicted molar refractivity (Wildman–Crippen MR) is 153 cm³/mol. The van der Waals surface area contributed by atoms with Crippen molar-refractivity contribution in [1.82, 2.24) is 16.1 Å². The molecule has 0 bridgehead atoms. The Morgan fingerprint density at radius 2 is 1.79 bits per heavy atom. The number of carbonyl (C=O) groups is 4. The molecule has 0 fully saturated rings. The molecular weight excluding hydrogens is 560 g/mol. The van der Waals surface area contributed by atoms with Crippen LogP contribution in [0.2, 0.25) is 0 Å². The van der Waals surface area contributed by atoms with Gasteiger partial charge in [0.25, 0.3) is 5.91 Å². The van der Waals surface area contributed by atoms with Gasteiger partial charge in [-0.2, -0.15) is 5.10 Å². The van der Waals surface area contributed by atoms with Gasteiger partial charge in [-0.05, 0) is 55.8 Å². The summed E-state index contributed by atoms with van der Waals surface area (Å²) in [5.74, 6) is -0.0500. The molecule has 13 nitrogen and oxygen atoms in total. The summed E-state index contributed by atoms with van der Waals surface area (Å²) < 4.78 is 26.6. The molecule has 4 rings (SSSR count). The fourth-order valence-electron chi connectivity index (χ4n) is 4.22. The number of furan rings is 1. The van der Waals surface area contributed by atoms with Gasteiger partial charge in [-0.1, -0.05) is 18.2 Å². The van der Waals surface area contributed by atoms with E-state index in [2.05, 4.69) is 21.2 Å². The number of rotatable bonds is 11. The van der Waals surface area contributed by atoms with Crippen molar-refractivity contribution in [2.24, 2.45) is 5.10 Å². The molecule has 0 aliphatic carbocycles. The van der Waals surface area contributed by atoms with Crippen LogP contribution in [0, 0.1) is 0 Å². The number of allylic oxidation sites excluding steroid dienone is 1. The smallest absolute Gasteiger partial charge is 0.338 e. The van der Waals surface area contributed by atoms with Crippen molar-refractivity contribution in [1.29, 1.82) is 0 Å². The number of nitrogens with zero attached hydrogens (tertiary/aromatic N) is 1. The third kappa shape index (κ3) is 7.38. The maximum Gasteiger partial charge on any atom is 0.338 e. The van der Waals surface area contributed by atoms with Crippen LogP contribution < -0.4 is 25.5 Å². The van der Waals surface area contributed by atoms with Gasteiger partial charge in [-0.25, -0.2) is 19.8 Å². The number of esters is 2. The first-order valence-electron chi connectivity index (χ1n) is 13.1. The van der Waals surface area contributed by atoms with Gasteiger partial charge in [-0.3, -0.25) is 4.79 Å². The molecule has 1 aromatic heterocycles. The second kappa shape index (κ2) is 13.9. The highest BCUT2D eigenvalue weighted by molar-refractivity contribution is 5.95. The van der Waals surface area contributed by atoms with E-state index in [1.807, 2.05) is 0 Å². The number of nitrogens with one attached hydrogen (secondary N) is 3. The number of hydrogen-bond acceptors (Lipinski definition) is 10. The van der Waals surface area contributed by atoms with E-state index in [9.17, 15) is 19.2 Å². The molecular formula is C30H30N4O9. The van der Waals surface area contributed by atoms with Crippen molar-refractivity contribution >= 4 is 30.1 Å². The van der Waals surface area contributed by atoms with Gasteiger partial charge in [0, 0.05) is 11.3 Å². The maximum absolute atomic E-state index is 12.6. The zero-order chi connectivity index (χ0) is 30.9. The molecule has 13 heteroatoms. The van der Waals surface area contributed by atoms with Crippen LogP contribution in [-0.2, 0) is 19.1 Å². The predicted octanol–water partition coefficient (Wildman–Crippen LogP) is 3.46. The first kappa shape index (κ1) is 30.4. The Balaban J connectivity index is 1.36. The quantitative estimate of drug-likeness (QED) is 0.172. The number of carbonyl (C=O) groups excluding carboxylic acids is 4. The molecule has 0 spiro atoms. The molecule has 2 aromatic carbocycles. The van der Waals surface area contributed by atoms with Crippen LogP contribution in [0.1, 0.15) is 41.6 Å². The van der Waals surface area contributed by atoms with Gasteiger partial charge >= 0.3 is 18.0 Å². The lowest BCUT2D eigenvalue weighted by Crippen LogP contribution is -2.45. The van der Waals surface area contributed by atoms with Crippen LogP contribution in [0.3, 0.4) is 0 Å². The lowest BCUT2D eigenvalue weighted by Gasteiger charge is -2.28. The van der Waals surface area contributed by atoms with Crippen molar-refractivity contribution in [2.75, 3.05) is 27.4 Å². The summed E-state index contributed by atoms with van der Waals surface area (Å²) in [5, 5.41) is 9.20. The van der Waals surface area contributed by atoms with Gasteiger partial charge in [0.05, 0.1) is 44.2 Å². The van der Waals surface area contributed by atoms with E-state index in [0.717, 1.165) is 5.56 Å². The fourth-order valence-corrected chi connectivity index (χ4v) is 4.22.